The number of anilines is 1. The first-order valence-corrected chi connectivity index (χ1v) is 11.0. The van der Waals surface area contributed by atoms with E-state index in [0.29, 0.717) is 22.6 Å². The SMILES string of the molecule is COc1cccc(C2/C(=C(/O)c3cccc4ccccc34)C(=O)C(=O)N2c2ccc(C)cc2)c1. The lowest BCUT2D eigenvalue weighted by Crippen LogP contribution is -2.29. The Labute approximate surface area is 197 Å². The van der Waals surface area contributed by atoms with Crippen molar-refractivity contribution in [3.05, 3.63) is 113 Å². The Kier molecular flexibility index (Phi) is 5.38. The van der Waals surface area contributed by atoms with Crippen molar-refractivity contribution in [2.24, 2.45) is 0 Å². The molecule has 1 aliphatic rings. The molecule has 4 aromatic rings. The van der Waals surface area contributed by atoms with Crippen LogP contribution >= 0.6 is 0 Å². The van der Waals surface area contributed by atoms with E-state index in [1.807, 2.05) is 73.7 Å². The fourth-order valence-electron chi connectivity index (χ4n) is 4.51. The Hall–Kier alpha value is -4.38. The van der Waals surface area contributed by atoms with Gasteiger partial charge in [-0.3, -0.25) is 14.5 Å². The number of carbonyl (C=O) groups is 2. The molecule has 0 radical (unpaired) electrons. The number of hydrogen-bond donors (Lipinski definition) is 1. The minimum atomic E-state index is -0.809. The maximum Gasteiger partial charge on any atom is 0.300 e. The number of ketones is 1. The minimum Gasteiger partial charge on any atom is -0.507 e. The van der Waals surface area contributed by atoms with Crippen LogP contribution in [-0.4, -0.2) is 23.9 Å². The molecule has 0 aliphatic carbocycles. The Morgan fingerprint density at radius 1 is 0.882 bits per heavy atom. The summed E-state index contributed by atoms with van der Waals surface area (Å²) in [5, 5.41) is 13.2. The number of ether oxygens (including phenoxy) is 1. The number of aliphatic hydroxyl groups is 1. The van der Waals surface area contributed by atoms with E-state index in [4.69, 9.17) is 4.74 Å². The lowest BCUT2D eigenvalue weighted by Gasteiger charge is -2.26. The summed E-state index contributed by atoms with van der Waals surface area (Å²) in [6.45, 7) is 1.96. The summed E-state index contributed by atoms with van der Waals surface area (Å²) in [5.74, 6) is -1.01. The third kappa shape index (κ3) is 3.52. The monoisotopic (exact) mass is 449 g/mol. The van der Waals surface area contributed by atoms with Crippen molar-refractivity contribution in [2.75, 3.05) is 12.0 Å². The van der Waals surface area contributed by atoms with Crippen LogP contribution in [0, 0.1) is 6.92 Å². The molecule has 0 spiro atoms. The topological polar surface area (TPSA) is 66.8 Å². The first kappa shape index (κ1) is 21.5. The molecule has 0 bridgehead atoms. The molecule has 0 aromatic heterocycles. The van der Waals surface area contributed by atoms with Gasteiger partial charge in [-0.05, 0) is 47.5 Å². The van der Waals surface area contributed by atoms with Gasteiger partial charge in [-0.15, -0.1) is 0 Å². The van der Waals surface area contributed by atoms with Crippen LogP contribution in [0.1, 0.15) is 22.7 Å². The normalized spacial score (nSPS) is 17.4. The van der Waals surface area contributed by atoms with Gasteiger partial charge in [0, 0.05) is 11.3 Å². The van der Waals surface area contributed by atoms with Gasteiger partial charge in [-0.1, -0.05) is 72.3 Å². The van der Waals surface area contributed by atoms with Gasteiger partial charge < -0.3 is 9.84 Å². The Morgan fingerprint density at radius 2 is 1.59 bits per heavy atom. The predicted molar refractivity (Wildman–Crippen MR) is 133 cm³/mol. The zero-order valence-electron chi connectivity index (χ0n) is 18.9. The van der Waals surface area contributed by atoms with Gasteiger partial charge in [0.1, 0.15) is 11.5 Å². The molecule has 168 valence electrons. The number of nitrogens with zero attached hydrogens (tertiary/aromatic N) is 1. The van der Waals surface area contributed by atoms with Crippen molar-refractivity contribution < 1.29 is 19.4 Å². The number of fused-ring (bicyclic) bond motifs is 1. The molecule has 1 fully saturated rings. The molecule has 5 heteroatoms. The molecule has 1 atom stereocenters. The average Bonchev–Trinajstić information content (AvgIpc) is 3.14. The number of amides is 1. The van der Waals surface area contributed by atoms with Crippen molar-refractivity contribution >= 4 is 33.9 Å². The molecule has 5 nitrogen and oxygen atoms in total. The van der Waals surface area contributed by atoms with Crippen molar-refractivity contribution in [3.63, 3.8) is 0 Å². The van der Waals surface area contributed by atoms with E-state index >= 15 is 0 Å². The third-order valence-electron chi connectivity index (χ3n) is 6.21. The van der Waals surface area contributed by atoms with Crippen molar-refractivity contribution in [2.45, 2.75) is 13.0 Å². The fourth-order valence-corrected chi connectivity index (χ4v) is 4.51. The summed E-state index contributed by atoms with van der Waals surface area (Å²) >= 11 is 0. The van der Waals surface area contributed by atoms with Gasteiger partial charge in [0.15, 0.2) is 0 Å². The summed E-state index contributed by atoms with van der Waals surface area (Å²) in [5.41, 5.74) is 2.84. The van der Waals surface area contributed by atoms with Crippen LogP contribution in [0.3, 0.4) is 0 Å². The van der Waals surface area contributed by atoms with Crippen LogP contribution in [0.2, 0.25) is 0 Å². The first-order chi connectivity index (χ1) is 16.5. The van der Waals surface area contributed by atoms with Gasteiger partial charge in [-0.25, -0.2) is 0 Å². The molecule has 4 aromatic carbocycles. The second-order valence-electron chi connectivity index (χ2n) is 8.31. The number of hydrogen-bond acceptors (Lipinski definition) is 4. The highest BCUT2D eigenvalue weighted by Gasteiger charge is 2.47. The van der Waals surface area contributed by atoms with Crippen LogP contribution in [0.15, 0.2) is 96.6 Å². The lowest BCUT2D eigenvalue weighted by molar-refractivity contribution is -0.132. The number of aryl methyl sites for hydroxylation is 1. The maximum atomic E-state index is 13.4. The highest BCUT2D eigenvalue weighted by Crippen LogP contribution is 2.43. The summed E-state index contributed by atoms with van der Waals surface area (Å²) in [7, 11) is 1.56. The van der Waals surface area contributed by atoms with E-state index < -0.39 is 17.7 Å². The van der Waals surface area contributed by atoms with Gasteiger partial charge in [0.25, 0.3) is 11.7 Å². The predicted octanol–water partition coefficient (Wildman–Crippen LogP) is 5.78. The molecule has 34 heavy (non-hydrogen) atoms. The van der Waals surface area contributed by atoms with Gasteiger partial charge >= 0.3 is 0 Å². The summed E-state index contributed by atoms with van der Waals surface area (Å²) in [6, 6.07) is 27.0. The van der Waals surface area contributed by atoms with E-state index in [1.54, 1.807) is 31.4 Å². The molecule has 0 saturated carbocycles. The van der Waals surface area contributed by atoms with Crippen LogP contribution in [0.5, 0.6) is 5.75 Å². The van der Waals surface area contributed by atoms with Crippen LogP contribution in [0.25, 0.3) is 16.5 Å². The average molecular weight is 450 g/mol. The fraction of sp³-hybridized carbons (Fsp3) is 0.103. The molecular weight excluding hydrogens is 426 g/mol. The van der Waals surface area contributed by atoms with Crippen molar-refractivity contribution in [3.8, 4) is 5.75 Å². The summed E-state index contributed by atoms with van der Waals surface area (Å²) in [6.07, 6.45) is 0. The highest BCUT2D eigenvalue weighted by molar-refractivity contribution is 6.51. The van der Waals surface area contributed by atoms with E-state index in [9.17, 15) is 14.7 Å². The zero-order chi connectivity index (χ0) is 23.8. The molecule has 1 unspecified atom stereocenters. The van der Waals surface area contributed by atoms with E-state index in [0.717, 1.165) is 16.3 Å². The number of rotatable bonds is 4. The highest BCUT2D eigenvalue weighted by atomic mass is 16.5. The van der Waals surface area contributed by atoms with Gasteiger partial charge in [0.05, 0.1) is 18.7 Å². The first-order valence-electron chi connectivity index (χ1n) is 11.0. The number of Topliss-reactive ketones (excluding diaryl/α,β-unsaturated/α-hetero) is 1. The number of aliphatic hydroxyl groups excluding tert-OH is 1. The Balaban J connectivity index is 1.78. The van der Waals surface area contributed by atoms with Crippen molar-refractivity contribution in [1.82, 2.24) is 0 Å². The van der Waals surface area contributed by atoms with Gasteiger partial charge in [0.2, 0.25) is 0 Å². The number of benzene rings is 4. The van der Waals surface area contributed by atoms with Crippen molar-refractivity contribution in [1.29, 1.82) is 0 Å². The Morgan fingerprint density at radius 3 is 2.35 bits per heavy atom. The maximum absolute atomic E-state index is 13.4. The van der Waals surface area contributed by atoms with Crippen LogP contribution in [-0.2, 0) is 9.59 Å². The van der Waals surface area contributed by atoms with Gasteiger partial charge in [-0.2, -0.15) is 0 Å². The second-order valence-corrected chi connectivity index (χ2v) is 8.31. The number of methoxy groups -OCH3 is 1. The molecule has 5 rings (SSSR count). The molecular formula is C29H23NO4. The molecule has 1 heterocycles. The minimum absolute atomic E-state index is 0.0511. The molecule has 1 saturated heterocycles. The zero-order valence-corrected chi connectivity index (χ0v) is 18.9. The summed E-state index contributed by atoms with van der Waals surface area (Å²) in [4.78, 5) is 28.2. The molecule has 1 N–H and O–H groups in total. The standard InChI is InChI=1S/C29H23NO4/c1-18-13-15-21(16-14-18)30-26(20-9-5-10-22(17-20)34-2)25(28(32)29(30)33)27(31)24-12-6-8-19-7-3-4-11-23(19)24/h3-17,26,31H,1-2H3/b27-25-. The second kappa shape index (κ2) is 8.52. The molecule has 1 aliphatic heterocycles. The smallest absolute Gasteiger partial charge is 0.300 e. The van der Waals surface area contributed by atoms with E-state index in [1.165, 1.54) is 4.90 Å². The largest absolute Gasteiger partial charge is 0.507 e. The van der Waals surface area contributed by atoms with E-state index in [2.05, 4.69) is 0 Å². The lowest BCUT2D eigenvalue weighted by atomic mass is 9.93. The number of carbonyl (C=O) groups excluding carboxylic acids is 2. The third-order valence-corrected chi connectivity index (χ3v) is 6.21. The van der Waals surface area contributed by atoms with Crippen LogP contribution < -0.4 is 9.64 Å². The Bertz CT molecular complexity index is 1450. The summed E-state index contributed by atoms with van der Waals surface area (Å²) < 4.78 is 5.40. The quantitative estimate of drug-likeness (QED) is 0.244. The van der Waals surface area contributed by atoms with Crippen LogP contribution in [0.4, 0.5) is 5.69 Å². The van der Waals surface area contributed by atoms with E-state index in [-0.39, 0.29) is 11.3 Å². The molecule has 1 amide bonds.